The number of ketones is 1. The highest BCUT2D eigenvalue weighted by Gasteiger charge is 2.55. The van der Waals surface area contributed by atoms with E-state index in [0.717, 1.165) is 25.0 Å². The first-order chi connectivity index (χ1) is 21.7. The van der Waals surface area contributed by atoms with E-state index in [1.165, 1.54) is 18.2 Å². The fourth-order valence-corrected chi connectivity index (χ4v) is 11.7. The van der Waals surface area contributed by atoms with Crippen molar-refractivity contribution in [2.45, 2.75) is 63.1 Å². The first-order valence-electron chi connectivity index (χ1n) is 14.3. The van der Waals surface area contributed by atoms with Crippen LogP contribution >= 0.6 is 0 Å². The van der Waals surface area contributed by atoms with Crippen molar-refractivity contribution in [3.8, 4) is 22.6 Å². The third-order valence-electron chi connectivity index (χ3n) is 8.33. The molecule has 1 fully saturated rings. The Morgan fingerprint density at radius 3 is 2.43 bits per heavy atom. The number of piperidine rings is 1. The number of rotatable bonds is 10. The van der Waals surface area contributed by atoms with Gasteiger partial charge in [-0.25, -0.2) is 16.8 Å². The molecular weight excluding hydrogens is 661 g/mol. The smallest absolute Gasteiger partial charge is 0.340 e. The van der Waals surface area contributed by atoms with Gasteiger partial charge in [0.25, 0.3) is 0 Å². The normalized spacial score (nSPS) is 19.3. The standard InChI is InChI=1S/C29H28N4O10S3/c1-15-11-16(41-9-4-10-42-32-29(30)31)13-17(12-15)43-46(39,40)22-7-6-21-23(28(22)44(21,35)36)18-14-19-25(34)20-5-2-3-8-33(20)24-26(18)45(37,38)27(19)24/h6-7,11-14,20H,2-5,8-10H2,1H3,(H4,30,31,32). The number of hydrogen-bond donors (Lipinski definition) is 2. The minimum atomic E-state index is -4.76. The summed E-state index contributed by atoms with van der Waals surface area (Å²) in [6.07, 6.45) is 2.60. The van der Waals surface area contributed by atoms with Gasteiger partial charge in [0.2, 0.25) is 25.6 Å². The van der Waals surface area contributed by atoms with Gasteiger partial charge in [-0.15, -0.1) is 0 Å². The molecule has 6 aliphatic rings. The zero-order chi connectivity index (χ0) is 32.8. The number of carbonyl (C=O) groups is 1. The number of benzene rings is 3. The van der Waals surface area contributed by atoms with Crippen LogP contribution in [0.15, 0.2) is 66.0 Å². The highest BCUT2D eigenvalue weighted by Crippen LogP contribution is 2.60. The van der Waals surface area contributed by atoms with Crippen molar-refractivity contribution in [3.05, 3.63) is 47.5 Å². The molecule has 4 N–H and O–H groups in total. The summed E-state index contributed by atoms with van der Waals surface area (Å²) in [5.74, 6) is -0.400. The first kappa shape index (κ1) is 30.3. The molecule has 1 unspecified atom stereocenters. The van der Waals surface area contributed by atoms with Gasteiger partial charge in [0.05, 0.1) is 23.2 Å². The van der Waals surface area contributed by atoms with Gasteiger partial charge in [0, 0.05) is 35.7 Å². The SMILES string of the molecule is Cc1cc(OCCCON=C(N)N)cc(OS(=O)(=O)c2ccc3c(-c4cc5c6c(c4S6(=O)=O)N4CCCCC4C5=O)c2S3(=O)=O)c1. The zero-order valence-corrected chi connectivity index (χ0v) is 26.8. The maximum Gasteiger partial charge on any atom is 0.340 e. The van der Waals surface area contributed by atoms with Gasteiger partial charge in [-0.05, 0) is 67.2 Å². The molecule has 6 heterocycles. The molecule has 1 saturated heterocycles. The average Bonchev–Trinajstić information content (AvgIpc) is 2.99. The number of carbonyl (C=O) groups excluding carboxylic acids is 1. The summed E-state index contributed by atoms with van der Waals surface area (Å²) in [4.78, 5) is 18.6. The number of nitrogens with zero attached hydrogens (tertiary/aromatic N) is 2. The Bertz CT molecular complexity index is 2230. The molecular formula is C29H28N4O10S3. The van der Waals surface area contributed by atoms with Gasteiger partial charge >= 0.3 is 10.1 Å². The summed E-state index contributed by atoms with van der Waals surface area (Å²) in [6, 6.07) is 7.58. The van der Waals surface area contributed by atoms with E-state index in [4.69, 9.17) is 25.2 Å². The number of Topliss-reactive ketones (excluding diaryl/α,β-unsaturated/α-hetero) is 1. The van der Waals surface area contributed by atoms with Crippen LogP contribution in [-0.2, 0) is 34.6 Å². The minimum absolute atomic E-state index is 0.00399. The predicted molar refractivity (Wildman–Crippen MR) is 163 cm³/mol. The topological polar surface area (TPSA) is 215 Å². The van der Waals surface area contributed by atoms with Crippen LogP contribution in [0.5, 0.6) is 11.5 Å². The van der Waals surface area contributed by atoms with Crippen LogP contribution in [0.1, 0.15) is 41.6 Å². The largest absolute Gasteiger partial charge is 0.493 e. The molecule has 3 aromatic rings. The second-order valence-corrected chi connectivity index (χ2v) is 16.6. The Balaban J connectivity index is 1.23. The Morgan fingerprint density at radius 1 is 0.957 bits per heavy atom. The molecule has 46 heavy (non-hydrogen) atoms. The number of anilines is 1. The quantitative estimate of drug-likeness (QED) is 0.0709. The number of hydrogen-bond acceptors (Lipinski definition) is 12. The van der Waals surface area contributed by atoms with Crippen LogP contribution in [0.25, 0.3) is 11.1 Å². The second kappa shape index (κ2) is 10.3. The van der Waals surface area contributed by atoms with Crippen molar-refractivity contribution in [3.63, 3.8) is 0 Å². The van der Waals surface area contributed by atoms with Crippen molar-refractivity contribution >= 4 is 47.2 Å². The lowest BCUT2D eigenvalue weighted by molar-refractivity contribution is 0.0933. The lowest BCUT2D eigenvalue weighted by Crippen LogP contribution is -2.51. The molecule has 0 amide bonds. The van der Waals surface area contributed by atoms with E-state index in [-0.39, 0.29) is 67.8 Å². The minimum Gasteiger partial charge on any atom is -0.493 e. The van der Waals surface area contributed by atoms with Gasteiger partial charge in [-0.3, -0.25) is 4.79 Å². The third kappa shape index (κ3) is 4.43. The molecule has 0 saturated carbocycles. The number of aryl methyl sites for hydroxylation is 1. The highest BCUT2D eigenvalue weighted by atomic mass is 32.2. The van der Waals surface area contributed by atoms with Crippen LogP contribution in [-0.4, -0.2) is 62.8 Å². The number of nitrogens with two attached hydrogens (primary N) is 2. The van der Waals surface area contributed by atoms with E-state index < -0.39 is 45.6 Å². The van der Waals surface area contributed by atoms with Crippen molar-refractivity contribution < 1.29 is 43.8 Å². The molecule has 17 heteroatoms. The molecule has 6 aliphatic heterocycles. The molecule has 0 spiro atoms. The lowest BCUT2D eigenvalue weighted by Gasteiger charge is -2.47. The summed E-state index contributed by atoms with van der Waals surface area (Å²) in [7, 11) is -13.1. The number of fused-ring (bicyclic) bond motifs is 5. The molecule has 6 bridgehead atoms. The lowest BCUT2D eigenvalue weighted by atomic mass is 9.86. The van der Waals surface area contributed by atoms with Gasteiger partial charge in [-0.2, -0.15) is 8.42 Å². The first-order valence-corrected chi connectivity index (χ1v) is 18.7. The maximum absolute atomic E-state index is 13.6. The zero-order valence-electron chi connectivity index (χ0n) is 24.3. The molecule has 242 valence electrons. The molecule has 1 atom stereocenters. The summed E-state index contributed by atoms with van der Waals surface area (Å²) in [6.45, 7) is 2.52. The van der Waals surface area contributed by atoms with Crippen LogP contribution in [0.3, 0.4) is 0 Å². The Kier molecular flexibility index (Phi) is 6.81. The van der Waals surface area contributed by atoms with E-state index in [9.17, 15) is 30.0 Å². The number of sulfone groups is 2. The molecule has 14 nitrogen and oxygen atoms in total. The predicted octanol–water partition coefficient (Wildman–Crippen LogP) is 2.25. The number of oxime groups is 1. The van der Waals surface area contributed by atoms with Gasteiger partial charge in [-0.1, -0.05) is 0 Å². The Labute approximate surface area is 264 Å². The summed E-state index contributed by atoms with van der Waals surface area (Å²) >= 11 is 0. The van der Waals surface area contributed by atoms with Gasteiger partial charge in [0.15, 0.2) is 5.78 Å². The Morgan fingerprint density at radius 2 is 1.70 bits per heavy atom. The number of guanidine groups is 1. The van der Waals surface area contributed by atoms with Crippen LogP contribution in [0.4, 0.5) is 5.69 Å². The average molecular weight is 689 g/mol. The summed E-state index contributed by atoms with van der Waals surface area (Å²) in [5, 5.41) is 3.40. The van der Waals surface area contributed by atoms with E-state index in [1.54, 1.807) is 17.9 Å². The monoisotopic (exact) mass is 688 g/mol. The van der Waals surface area contributed by atoms with Crippen molar-refractivity contribution in [2.24, 2.45) is 16.6 Å². The van der Waals surface area contributed by atoms with Crippen LogP contribution < -0.4 is 25.3 Å². The number of ether oxygens (including phenoxy) is 1. The van der Waals surface area contributed by atoms with Gasteiger partial charge < -0.3 is 30.1 Å². The van der Waals surface area contributed by atoms with Gasteiger partial charge in [0.1, 0.15) is 37.7 Å². The molecule has 0 aromatic heterocycles. The summed E-state index contributed by atoms with van der Waals surface area (Å²) in [5.41, 5.74) is 11.4. The van der Waals surface area contributed by atoms with E-state index in [1.807, 2.05) is 0 Å². The third-order valence-corrected chi connectivity index (χ3v) is 13.5. The molecule has 9 rings (SSSR count). The molecule has 0 aliphatic carbocycles. The van der Waals surface area contributed by atoms with E-state index >= 15 is 0 Å². The maximum atomic E-state index is 13.6. The van der Waals surface area contributed by atoms with E-state index in [2.05, 4.69) is 5.16 Å². The fourth-order valence-electron chi connectivity index (χ4n) is 6.52. The summed E-state index contributed by atoms with van der Waals surface area (Å²) < 4.78 is 91.9. The highest BCUT2D eigenvalue weighted by molar-refractivity contribution is 7.95. The molecule has 3 aromatic carbocycles. The van der Waals surface area contributed by atoms with Crippen molar-refractivity contribution in [1.29, 1.82) is 0 Å². The Hall–Kier alpha value is -4.35. The second-order valence-electron chi connectivity index (χ2n) is 11.4. The van der Waals surface area contributed by atoms with Crippen molar-refractivity contribution in [2.75, 3.05) is 24.7 Å². The van der Waals surface area contributed by atoms with E-state index in [0.29, 0.717) is 30.6 Å². The fraction of sp³-hybridized carbons (Fsp3) is 0.310. The molecule has 0 radical (unpaired) electrons. The van der Waals surface area contributed by atoms with Crippen LogP contribution in [0, 0.1) is 6.92 Å². The van der Waals surface area contributed by atoms with Crippen molar-refractivity contribution in [1.82, 2.24) is 0 Å². The van der Waals surface area contributed by atoms with Crippen LogP contribution in [0.2, 0.25) is 0 Å².